The fourth-order valence-electron chi connectivity index (χ4n) is 5.77. The highest BCUT2D eigenvalue weighted by atomic mass is 32.2. The number of ketones is 1. The van der Waals surface area contributed by atoms with E-state index in [9.17, 15) is 43.7 Å². The van der Waals surface area contributed by atoms with Gasteiger partial charge in [0.15, 0.2) is 5.71 Å². The van der Waals surface area contributed by atoms with Crippen LogP contribution in [0.25, 0.3) is 27.6 Å². The van der Waals surface area contributed by atoms with Gasteiger partial charge in [0.05, 0.1) is 38.2 Å². The Morgan fingerprint density at radius 3 is 1.71 bits per heavy atom. The minimum absolute atomic E-state index is 0.0328. The summed E-state index contributed by atoms with van der Waals surface area (Å²) in [5.74, 6) is -0.859. The molecule has 0 bridgehead atoms. The number of nitrogens with zero attached hydrogens (tertiary/aromatic N) is 5. The van der Waals surface area contributed by atoms with E-state index in [0.29, 0.717) is 11.1 Å². The molecule has 56 heavy (non-hydrogen) atoms. The molecule has 0 heterocycles. The maximum atomic E-state index is 13.4. The van der Waals surface area contributed by atoms with Crippen LogP contribution in [0.2, 0.25) is 0 Å². The van der Waals surface area contributed by atoms with Gasteiger partial charge < -0.3 is 5.73 Å². The number of nitrogen functional groups attached to an aromatic ring is 1. The maximum absolute atomic E-state index is 13.4. The Balaban J connectivity index is 1.32. The Morgan fingerprint density at radius 1 is 0.554 bits per heavy atom. The van der Waals surface area contributed by atoms with Crippen LogP contribution >= 0.6 is 0 Å². The van der Waals surface area contributed by atoms with Crippen molar-refractivity contribution in [3.63, 3.8) is 0 Å². The number of azo groups is 2. The third kappa shape index (κ3) is 7.68. The summed E-state index contributed by atoms with van der Waals surface area (Å²) in [4.78, 5) is 11.7. The number of nitrogens with two attached hydrogens (primary N) is 1. The summed E-state index contributed by atoms with van der Waals surface area (Å²) in [5, 5.41) is 22.1. The first kappa shape index (κ1) is 37.8. The Hall–Kier alpha value is -6.55. The van der Waals surface area contributed by atoms with E-state index >= 15 is 0 Å². The van der Waals surface area contributed by atoms with E-state index in [0.717, 1.165) is 24.3 Å². The number of anilines is 2. The molecule has 6 N–H and O–H groups in total. The van der Waals surface area contributed by atoms with Gasteiger partial charge in [0.2, 0.25) is 5.78 Å². The summed E-state index contributed by atoms with van der Waals surface area (Å²) in [6, 6.07) is 26.0. The third-order valence-electron chi connectivity index (χ3n) is 8.42. The molecule has 1 aliphatic rings. The van der Waals surface area contributed by atoms with Gasteiger partial charge in [-0.1, -0.05) is 36.4 Å². The van der Waals surface area contributed by atoms with Crippen molar-refractivity contribution < 1.29 is 43.7 Å². The minimum atomic E-state index is -4.95. The lowest BCUT2D eigenvalue weighted by Gasteiger charge is -2.17. The van der Waals surface area contributed by atoms with Gasteiger partial charge in [-0.2, -0.15) is 35.5 Å². The first-order valence-electron chi connectivity index (χ1n) is 15.9. The summed E-state index contributed by atoms with van der Waals surface area (Å²) in [7, 11) is -14.3. The standard InChI is InChI=1S/C36H25N7O10S3/c37-21-7-6-20-16-34(56(51,52)53)35(36(44)27(20)17-21)43-42-31-13-15-33(29-19-24(55(48,49)50)9-11-26(29)31)41-40-30-12-14-32(39-38-22-4-2-1-3-5-22)28-18-23(54(45,46)47)8-10-25(28)30/h1-19,42H,37H2,(H,45,46,47)(H,48,49,50)(H,51,52,53). The van der Waals surface area contributed by atoms with E-state index in [-0.39, 0.29) is 55.7 Å². The molecule has 1 aliphatic carbocycles. The van der Waals surface area contributed by atoms with E-state index in [4.69, 9.17) is 5.73 Å². The van der Waals surface area contributed by atoms with E-state index in [1.54, 1.807) is 30.3 Å². The van der Waals surface area contributed by atoms with Crippen LogP contribution in [0.1, 0.15) is 15.9 Å². The summed E-state index contributed by atoms with van der Waals surface area (Å²) in [5.41, 5.74) is 9.37. The van der Waals surface area contributed by atoms with Crippen LogP contribution in [-0.4, -0.2) is 50.4 Å². The lowest BCUT2D eigenvalue weighted by Crippen LogP contribution is -2.27. The quantitative estimate of drug-likeness (QED) is 0.0405. The molecule has 0 radical (unpaired) electrons. The van der Waals surface area contributed by atoms with Crippen LogP contribution in [0.3, 0.4) is 0 Å². The molecule has 6 aromatic rings. The summed E-state index contributed by atoms with van der Waals surface area (Å²) in [6.07, 6.45) is 1.07. The number of rotatable bonds is 9. The molecule has 7 rings (SSSR count). The lowest BCUT2D eigenvalue weighted by molar-refractivity contribution is 0.106. The van der Waals surface area contributed by atoms with Gasteiger partial charge in [-0.15, -0.1) is 15.3 Å². The lowest BCUT2D eigenvalue weighted by atomic mass is 9.94. The molecular weight excluding hydrogens is 787 g/mol. The van der Waals surface area contributed by atoms with Crippen molar-refractivity contribution in [1.82, 2.24) is 0 Å². The first-order chi connectivity index (χ1) is 26.5. The predicted octanol–water partition coefficient (Wildman–Crippen LogP) is 7.79. The fourth-order valence-corrected chi connectivity index (χ4v) is 7.44. The Kier molecular flexibility index (Phi) is 9.62. The number of allylic oxidation sites excluding steroid dienone is 1. The number of Topliss-reactive ketones (excluding diaryl/α,β-unsaturated/α-hetero) is 1. The molecule has 0 aromatic heterocycles. The molecule has 0 saturated carbocycles. The molecule has 0 fully saturated rings. The fraction of sp³-hybridized carbons (Fsp3) is 0. The molecule has 6 aromatic carbocycles. The summed E-state index contributed by atoms with van der Waals surface area (Å²) in [6.45, 7) is 0. The van der Waals surface area contributed by atoms with Crippen molar-refractivity contribution in [3.05, 3.63) is 125 Å². The molecule has 0 amide bonds. The van der Waals surface area contributed by atoms with Gasteiger partial charge >= 0.3 is 0 Å². The second-order valence-electron chi connectivity index (χ2n) is 12.1. The predicted molar refractivity (Wildman–Crippen MR) is 208 cm³/mol. The van der Waals surface area contributed by atoms with Gasteiger partial charge in [0.25, 0.3) is 30.4 Å². The van der Waals surface area contributed by atoms with Crippen molar-refractivity contribution in [1.29, 1.82) is 0 Å². The topological polar surface area (TPSA) is 280 Å². The largest absolute Gasteiger partial charge is 0.399 e. The zero-order valence-corrected chi connectivity index (χ0v) is 30.7. The average molecular weight is 812 g/mol. The Labute approximate surface area is 317 Å². The number of benzene rings is 6. The van der Waals surface area contributed by atoms with Gasteiger partial charge in [-0.25, -0.2) is 0 Å². The molecule has 0 unspecified atom stereocenters. The zero-order chi connectivity index (χ0) is 40.0. The molecule has 0 spiro atoms. The second kappa shape index (κ2) is 14.3. The number of hydrogen-bond donors (Lipinski definition) is 5. The highest BCUT2D eigenvalue weighted by molar-refractivity contribution is 7.91. The number of hydrogen-bond acceptors (Lipinski definition) is 14. The Bertz CT molecular complexity index is 3110. The van der Waals surface area contributed by atoms with Crippen LogP contribution in [0.15, 0.2) is 149 Å². The van der Waals surface area contributed by atoms with E-state index < -0.39 is 56.5 Å². The number of fused-ring (bicyclic) bond motifs is 3. The monoisotopic (exact) mass is 811 g/mol. The van der Waals surface area contributed by atoms with Gasteiger partial charge in [-0.3, -0.25) is 23.9 Å². The highest BCUT2D eigenvalue weighted by Gasteiger charge is 2.33. The van der Waals surface area contributed by atoms with Crippen LogP contribution in [0.4, 0.5) is 34.1 Å². The third-order valence-corrected chi connectivity index (χ3v) is 11.0. The average Bonchev–Trinajstić information content (AvgIpc) is 3.15. The molecule has 282 valence electrons. The molecule has 0 aliphatic heterocycles. The van der Waals surface area contributed by atoms with Crippen molar-refractivity contribution in [2.75, 3.05) is 11.2 Å². The van der Waals surface area contributed by atoms with Gasteiger partial charge in [-0.05, 0) is 84.4 Å². The van der Waals surface area contributed by atoms with E-state index in [1.807, 2.05) is 0 Å². The van der Waals surface area contributed by atoms with Crippen molar-refractivity contribution in [2.24, 2.45) is 25.6 Å². The van der Waals surface area contributed by atoms with Crippen molar-refractivity contribution >= 4 is 104 Å². The number of carbonyl (C=O) groups is 1. The second-order valence-corrected chi connectivity index (χ2v) is 16.3. The van der Waals surface area contributed by atoms with Crippen LogP contribution in [0, 0.1) is 0 Å². The minimum Gasteiger partial charge on any atom is -0.399 e. The van der Waals surface area contributed by atoms with E-state index in [1.165, 1.54) is 60.7 Å². The molecular formula is C36H25N7O10S3. The number of nitrogens with one attached hydrogen (secondary N) is 1. The smallest absolute Gasteiger partial charge is 0.296 e. The van der Waals surface area contributed by atoms with Crippen LogP contribution < -0.4 is 11.2 Å². The number of carbonyl (C=O) groups excluding carboxylic acids is 1. The SMILES string of the molecule is Nc1ccc2c(c1)C(=O)C(=NNc1ccc(N=Nc3ccc(N=Nc4ccccc4)c4cc(S(=O)(=O)O)ccc34)c3cc(S(=O)(=O)O)ccc13)C(S(=O)(=O)O)=C2. The maximum Gasteiger partial charge on any atom is 0.296 e. The highest BCUT2D eigenvalue weighted by Crippen LogP contribution is 2.39. The summed E-state index contributed by atoms with van der Waals surface area (Å²) >= 11 is 0. The van der Waals surface area contributed by atoms with Gasteiger partial charge in [0.1, 0.15) is 4.91 Å². The molecule has 0 atom stereocenters. The van der Waals surface area contributed by atoms with Crippen LogP contribution in [0.5, 0.6) is 0 Å². The summed E-state index contributed by atoms with van der Waals surface area (Å²) < 4.78 is 102. The number of hydrazone groups is 1. The van der Waals surface area contributed by atoms with Gasteiger partial charge in [0, 0.05) is 32.8 Å². The Morgan fingerprint density at radius 2 is 1.11 bits per heavy atom. The molecule has 20 heteroatoms. The molecule has 0 saturated heterocycles. The van der Waals surface area contributed by atoms with E-state index in [2.05, 4.69) is 31.0 Å². The van der Waals surface area contributed by atoms with Crippen molar-refractivity contribution in [3.8, 4) is 0 Å². The van der Waals surface area contributed by atoms with Crippen molar-refractivity contribution in [2.45, 2.75) is 9.79 Å². The zero-order valence-electron chi connectivity index (χ0n) is 28.2. The molecule has 17 nitrogen and oxygen atoms in total. The first-order valence-corrected chi connectivity index (χ1v) is 20.2. The normalized spacial score (nSPS) is 14.5. The van der Waals surface area contributed by atoms with Crippen LogP contribution in [-0.2, 0) is 30.4 Å².